The van der Waals surface area contributed by atoms with Crippen molar-refractivity contribution in [3.8, 4) is 5.75 Å². The molecule has 0 atom stereocenters. The SMILES string of the molecule is CC.CN/N=C/c1ccccc1O. The van der Waals surface area contributed by atoms with Crippen LogP contribution in [0.5, 0.6) is 5.75 Å². The highest BCUT2D eigenvalue weighted by Gasteiger charge is 1.92. The molecule has 0 aliphatic rings. The Morgan fingerprint density at radius 2 is 1.92 bits per heavy atom. The van der Waals surface area contributed by atoms with Gasteiger partial charge in [-0.05, 0) is 12.1 Å². The number of nitrogens with zero attached hydrogens (tertiary/aromatic N) is 1. The number of para-hydroxylation sites is 1. The predicted molar refractivity (Wildman–Crippen MR) is 56.1 cm³/mol. The quantitative estimate of drug-likeness (QED) is 0.540. The Morgan fingerprint density at radius 3 is 2.46 bits per heavy atom. The van der Waals surface area contributed by atoms with Crippen molar-refractivity contribution in [1.82, 2.24) is 5.43 Å². The molecule has 0 spiro atoms. The highest BCUT2D eigenvalue weighted by Crippen LogP contribution is 2.12. The van der Waals surface area contributed by atoms with E-state index in [2.05, 4.69) is 10.5 Å². The van der Waals surface area contributed by atoms with Gasteiger partial charge in [0.05, 0.1) is 6.21 Å². The molecule has 1 aromatic carbocycles. The molecule has 0 fully saturated rings. The fourth-order valence-corrected chi connectivity index (χ4v) is 0.731. The van der Waals surface area contributed by atoms with Crippen molar-refractivity contribution in [3.63, 3.8) is 0 Å². The number of rotatable bonds is 2. The van der Waals surface area contributed by atoms with Crippen molar-refractivity contribution in [3.05, 3.63) is 29.8 Å². The Hall–Kier alpha value is -1.51. The van der Waals surface area contributed by atoms with Crippen LogP contribution < -0.4 is 5.43 Å². The van der Waals surface area contributed by atoms with E-state index in [9.17, 15) is 5.11 Å². The molecule has 3 heteroatoms. The molecule has 0 amide bonds. The standard InChI is InChI=1S/C8H10N2O.C2H6/c1-9-10-6-7-4-2-3-5-8(7)11;1-2/h2-6,9,11H,1H3;1-2H3/b10-6+;. The molecule has 0 radical (unpaired) electrons. The zero-order valence-electron chi connectivity index (χ0n) is 8.28. The Balaban J connectivity index is 0.000000671. The van der Waals surface area contributed by atoms with Crippen LogP contribution in [0.1, 0.15) is 19.4 Å². The van der Waals surface area contributed by atoms with Crippen molar-refractivity contribution in [2.45, 2.75) is 13.8 Å². The van der Waals surface area contributed by atoms with Crippen LogP contribution in [-0.2, 0) is 0 Å². The van der Waals surface area contributed by atoms with Crippen LogP contribution >= 0.6 is 0 Å². The largest absolute Gasteiger partial charge is 0.507 e. The van der Waals surface area contributed by atoms with Gasteiger partial charge in [0.2, 0.25) is 0 Å². The fraction of sp³-hybridized carbons (Fsp3) is 0.300. The summed E-state index contributed by atoms with van der Waals surface area (Å²) in [5, 5.41) is 13.0. The first kappa shape index (κ1) is 11.5. The summed E-state index contributed by atoms with van der Waals surface area (Å²) in [5.41, 5.74) is 3.31. The Bertz CT molecular complexity index is 259. The zero-order chi connectivity index (χ0) is 10.1. The number of hydrogen-bond donors (Lipinski definition) is 2. The first-order valence-corrected chi connectivity index (χ1v) is 4.32. The van der Waals surface area contributed by atoms with E-state index < -0.39 is 0 Å². The summed E-state index contributed by atoms with van der Waals surface area (Å²) in [5.74, 6) is 0.242. The maximum Gasteiger partial charge on any atom is 0.124 e. The summed E-state index contributed by atoms with van der Waals surface area (Å²) in [7, 11) is 1.70. The second-order valence-electron chi connectivity index (χ2n) is 2.04. The molecule has 0 saturated carbocycles. The molecule has 1 rings (SSSR count). The van der Waals surface area contributed by atoms with Crippen LogP contribution in [0.15, 0.2) is 29.4 Å². The van der Waals surface area contributed by atoms with E-state index in [4.69, 9.17) is 0 Å². The van der Waals surface area contributed by atoms with Crippen LogP contribution in [0.4, 0.5) is 0 Å². The van der Waals surface area contributed by atoms with Gasteiger partial charge in [-0.25, -0.2) is 0 Å². The molecule has 0 aliphatic heterocycles. The molecular formula is C10H16N2O. The third-order valence-electron chi connectivity index (χ3n) is 1.27. The first-order valence-electron chi connectivity index (χ1n) is 4.32. The zero-order valence-corrected chi connectivity index (χ0v) is 8.28. The lowest BCUT2D eigenvalue weighted by Gasteiger charge is -1.95. The number of phenols is 1. The Morgan fingerprint density at radius 1 is 1.31 bits per heavy atom. The topological polar surface area (TPSA) is 44.6 Å². The molecule has 13 heavy (non-hydrogen) atoms. The van der Waals surface area contributed by atoms with Crippen molar-refractivity contribution >= 4 is 6.21 Å². The number of phenolic OH excluding ortho intramolecular Hbond substituents is 1. The smallest absolute Gasteiger partial charge is 0.124 e. The maximum atomic E-state index is 9.22. The van der Waals surface area contributed by atoms with Crippen LogP contribution in [0.3, 0.4) is 0 Å². The van der Waals surface area contributed by atoms with Gasteiger partial charge >= 0.3 is 0 Å². The molecule has 2 N–H and O–H groups in total. The van der Waals surface area contributed by atoms with Gasteiger partial charge < -0.3 is 10.5 Å². The number of aromatic hydroxyl groups is 1. The highest BCUT2D eigenvalue weighted by atomic mass is 16.3. The minimum absolute atomic E-state index is 0.242. The number of nitrogens with one attached hydrogen (secondary N) is 1. The lowest BCUT2D eigenvalue weighted by Crippen LogP contribution is -1.94. The van der Waals surface area contributed by atoms with Crippen LogP contribution in [0, 0.1) is 0 Å². The predicted octanol–water partition coefficient (Wildman–Crippen LogP) is 1.97. The van der Waals surface area contributed by atoms with Crippen LogP contribution in [0.2, 0.25) is 0 Å². The molecule has 0 heterocycles. The molecule has 0 unspecified atom stereocenters. The number of hydrazone groups is 1. The summed E-state index contributed by atoms with van der Waals surface area (Å²) in [6.07, 6.45) is 1.56. The average Bonchev–Trinajstić information content (AvgIpc) is 2.20. The molecule has 3 nitrogen and oxygen atoms in total. The minimum atomic E-state index is 0.242. The maximum absolute atomic E-state index is 9.22. The van der Waals surface area contributed by atoms with E-state index in [1.165, 1.54) is 0 Å². The monoisotopic (exact) mass is 180 g/mol. The molecule has 0 aliphatic carbocycles. The molecule has 0 bridgehead atoms. The van der Waals surface area contributed by atoms with E-state index in [0.717, 1.165) is 0 Å². The summed E-state index contributed by atoms with van der Waals surface area (Å²) in [6.45, 7) is 4.00. The normalized spacial score (nSPS) is 9.15. The highest BCUT2D eigenvalue weighted by molar-refractivity contribution is 5.82. The molecule has 0 saturated heterocycles. The third-order valence-corrected chi connectivity index (χ3v) is 1.27. The van der Waals surface area contributed by atoms with Gasteiger partial charge in [-0.1, -0.05) is 26.0 Å². The lowest BCUT2D eigenvalue weighted by atomic mass is 10.2. The number of hydrogen-bond acceptors (Lipinski definition) is 3. The summed E-state index contributed by atoms with van der Waals surface area (Å²) in [4.78, 5) is 0. The van der Waals surface area contributed by atoms with Gasteiger partial charge in [-0.2, -0.15) is 5.10 Å². The molecular weight excluding hydrogens is 164 g/mol. The summed E-state index contributed by atoms with van der Waals surface area (Å²) < 4.78 is 0. The fourth-order valence-electron chi connectivity index (χ4n) is 0.731. The van der Waals surface area contributed by atoms with Crippen molar-refractivity contribution in [1.29, 1.82) is 0 Å². The van der Waals surface area contributed by atoms with Gasteiger partial charge in [-0.3, -0.25) is 0 Å². The summed E-state index contributed by atoms with van der Waals surface area (Å²) >= 11 is 0. The second-order valence-corrected chi connectivity index (χ2v) is 2.04. The van der Waals surface area contributed by atoms with Gasteiger partial charge in [-0.15, -0.1) is 0 Å². The van der Waals surface area contributed by atoms with Gasteiger partial charge in [0.25, 0.3) is 0 Å². The Labute approximate surface area is 79.1 Å². The van der Waals surface area contributed by atoms with Gasteiger partial charge in [0.1, 0.15) is 5.75 Å². The van der Waals surface area contributed by atoms with E-state index >= 15 is 0 Å². The molecule has 0 aromatic heterocycles. The van der Waals surface area contributed by atoms with Crippen molar-refractivity contribution < 1.29 is 5.11 Å². The van der Waals surface area contributed by atoms with Crippen molar-refractivity contribution in [2.75, 3.05) is 7.05 Å². The average molecular weight is 180 g/mol. The van der Waals surface area contributed by atoms with Crippen molar-refractivity contribution in [2.24, 2.45) is 5.10 Å². The minimum Gasteiger partial charge on any atom is -0.507 e. The van der Waals surface area contributed by atoms with Gasteiger partial charge in [0.15, 0.2) is 0 Å². The van der Waals surface area contributed by atoms with E-state index in [1.54, 1.807) is 31.5 Å². The first-order chi connectivity index (χ1) is 6.34. The molecule has 72 valence electrons. The lowest BCUT2D eigenvalue weighted by molar-refractivity contribution is 0.474. The van der Waals surface area contributed by atoms with E-state index in [-0.39, 0.29) is 5.75 Å². The Kier molecular flexibility index (Phi) is 6.32. The second kappa shape index (κ2) is 7.16. The van der Waals surface area contributed by atoms with Crippen LogP contribution in [-0.4, -0.2) is 18.4 Å². The van der Waals surface area contributed by atoms with Gasteiger partial charge in [0, 0.05) is 12.6 Å². The van der Waals surface area contributed by atoms with Crippen LogP contribution in [0.25, 0.3) is 0 Å². The van der Waals surface area contributed by atoms with E-state index in [1.807, 2.05) is 19.9 Å². The number of benzene rings is 1. The summed E-state index contributed by atoms with van der Waals surface area (Å²) in [6, 6.07) is 7.02. The molecule has 1 aromatic rings. The van der Waals surface area contributed by atoms with E-state index in [0.29, 0.717) is 5.56 Å². The third kappa shape index (κ3) is 4.15.